The van der Waals surface area contributed by atoms with E-state index in [1.165, 1.54) is 13.1 Å². The smallest absolute Gasteiger partial charge is 0.305 e. The first-order chi connectivity index (χ1) is 7.66. The second-order valence-corrected chi connectivity index (χ2v) is 3.42. The number of carbonyl (C=O) groups excluding carboxylic acids is 1. The van der Waals surface area contributed by atoms with Crippen LogP contribution < -0.4 is 5.69 Å². The van der Waals surface area contributed by atoms with Crippen molar-refractivity contribution in [2.45, 2.75) is 6.92 Å². The third-order valence-corrected chi connectivity index (χ3v) is 2.28. The third kappa shape index (κ3) is 2.06. The van der Waals surface area contributed by atoms with E-state index in [0.29, 0.717) is 11.3 Å². The summed E-state index contributed by atoms with van der Waals surface area (Å²) < 4.78 is 0. The van der Waals surface area contributed by atoms with Gasteiger partial charge in [0.05, 0.1) is 5.69 Å². The summed E-state index contributed by atoms with van der Waals surface area (Å²) >= 11 is 0. The van der Waals surface area contributed by atoms with Gasteiger partial charge in [0.25, 0.3) is 0 Å². The normalized spacial score (nSPS) is 10.1. The van der Waals surface area contributed by atoms with E-state index in [9.17, 15) is 9.59 Å². The van der Waals surface area contributed by atoms with Crippen molar-refractivity contribution in [2.24, 2.45) is 0 Å². The van der Waals surface area contributed by atoms with E-state index in [1.54, 1.807) is 30.3 Å². The van der Waals surface area contributed by atoms with Crippen molar-refractivity contribution in [2.75, 3.05) is 0 Å². The highest BCUT2D eigenvalue weighted by molar-refractivity contribution is 5.94. The first-order valence-corrected chi connectivity index (χ1v) is 4.83. The number of benzene rings is 1. The summed E-state index contributed by atoms with van der Waals surface area (Å²) in [4.78, 5) is 28.3. The summed E-state index contributed by atoms with van der Waals surface area (Å²) in [7, 11) is 0. The van der Waals surface area contributed by atoms with Gasteiger partial charge in [-0.15, -0.1) is 0 Å². The van der Waals surface area contributed by atoms with Crippen LogP contribution in [-0.4, -0.2) is 15.8 Å². The Kier molecular flexibility index (Phi) is 2.64. The minimum Gasteiger partial charge on any atom is -0.305 e. The van der Waals surface area contributed by atoms with Crippen LogP contribution in [0.25, 0.3) is 11.3 Å². The van der Waals surface area contributed by atoms with Crippen molar-refractivity contribution in [1.29, 1.82) is 0 Å². The summed E-state index contributed by atoms with van der Waals surface area (Å²) in [6.07, 6.45) is 1.45. The van der Waals surface area contributed by atoms with Crippen LogP contribution >= 0.6 is 0 Å². The molecule has 0 aliphatic carbocycles. The number of carbonyl (C=O) groups is 1. The standard InChI is InChI=1S/C12H10N2O2/c1-8(15)9-2-4-10(5-3-9)11-6-7-13-12(16)14-11/h2-7H,1H3,(H,13,14,16). The second-order valence-electron chi connectivity index (χ2n) is 3.42. The highest BCUT2D eigenvalue weighted by atomic mass is 16.1. The van der Waals surface area contributed by atoms with Crippen molar-refractivity contribution in [3.05, 3.63) is 52.6 Å². The molecule has 0 atom stereocenters. The molecule has 1 aromatic carbocycles. The summed E-state index contributed by atoms with van der Waals surface area (Å²) in [5, 5.41) is 0. The number of hydrogen-bond donors (Lipinski definition) is 1. The van der Waals surface area contributed by atoms with Gasteiger partial charge >= 0.3 is 5.69 Å². The molecule has 0 bridgehead atoms. The van der Waals surface area contributed by atoms with E-state index < -0.39 is 0 Å². The minimum absolute atomic E-state index is 0.0229. The van der Waals surface area contributed by atoms with Crippen LogP contribution in [0.2, 0.25) is 0 Å². The number of nitrogens with one attached hydrogen (secondary N) is 1. The summed E-state index contributed by atoms with van der Waals surface area (Å²) in [5.74, 6) is 0.0229. The molecule has 2 aromatic rings. The van der Waals surface area contributed by atoms with Crippen LogP contribution in [0.15, 0.2) is 41.3 Å². The maximum Gasteiger partial charge on any atom is 0.345 e. The van der Waals surface area contributed by atoms with E-state index in [-0.39, 0.29) is 11.5 Å². The van der Waals surface area contributed by atoms with Gasteiger partial charge in [0.1, 0.15) is 0 Å². The molecule has 2 rings (SSSR count). The van der Waals surface area contributed by atoms with Crippen LogP contribution in [0.3, 0.4) is 0 Å². The quantitative estimate of drug-likeness (QED) is 0.773. The molecule has 0 saturated heterocycles. The SMILES string of the molecule is CC(=O)c1ccc(-c2ccnc(=O)[nH]2)cc1. The van der Waals surface area contributed by atoms with Crippen molar-refractivity contribution < 1.29 is 4.79 Å². The molecule has 80 valence electrons. The number of ketones is 1. The lowest BCUT2D eigenvalue weighted by atomic mass is 10.1. The van der Waals surface area contributed by atoms with Gasteiger partial charge in [-0.05, 0) is 18.6 Å². The Morgan fingerprint density at radius 3 is 2.44 bits per heavy atom. The van der Waals surface area contributed by atoms with Crippen molar-refractivity contribution in [3.63, 3.8) is 0 Å². The molecule has 1 N–H and O–H groups in total. The highest BCUT2D eigenvalue weighted by Crippen LogP contribution is 2.15. The maximum atomic E-state index is 11.1. The van der Waals surface area contributed by atoms with E-state index in [0.717, 1.165) is 5.56 Å². The Balaban J connectivity index is 2.42. The second kappa shape index (κ2) is 4.10. The fraction of sp³-hybridized carbons (Fsp3) is 0.0833. The Morgan fingerprint density at radius 2 is 1.88 bits per heavy atom. The van der Waals surface area contributed by atoms with Crippen LogP contribution in [0.5, 0.6) is 0 Å². The molecule has 0 radical (unpaired) electrons. The van der Waals surface area contributed by atoms with Crippen LogP contribution in [0, 0.1) is 0 Å². The molecule has 1 heterocycles. The van der Waals surface area contributed by atoms with Gasteiger partial charge in [0.2, 0.25) is 0 Å². The molecule has 4 nitrogen and oxygen atoms in total. The zero-order valence-electron chi connectivity index (χ0n) is 8.73. The van der Waals surface area contributed by atoms with E-state index in [1.807, 2.05) is 0 Å². The zero-order valence-corrected chi connectivity index (χ0v) is 8.73. The highest BCUT2D eigenvalue weighted by Gasteiger charge is 2.01. The number of hydrogen-bond acceptors (Lipinski definition) is 3. The largest absolute Gasteiger partial charge is 0.345 e. The molecule has 16 heavy (non-hydrogen) atoms. The molecule has 0 aliphatic heterocycles. The summed E-state index contributed by atoms with van der Waals surface area (Å²) in [6, 6.07) is 8.76. The molecule has 0 saturated carbocycles. The van der Waals surface area contributed by atoms with E-state index >= 15 is 0 Å². The first kappa shape index (κ1) is 10.3. The first-order valence-electron chi connectivity index (χ1n) is 4.83. The van der Waals surface area contributed by atoms with E-state index in [4.69, 9.17) is 0 Å². The third-order valence-electron chi connectivity index (χ3n) is 2.28. The van der Waals surface area contributed by atoms with Gasteiger partial charge in [-0.25, -0.2) is 9.78 Å². The Bertz CT molecular complexity index is 570. The Morgan fingerprint density at radius 1 is 1.19 bits per heavy atom. The predicted octanol–water partition coefficient (Wildman–Crippen LogP) is 1.64. The zero-order chi connectivity index (χ0) is 11.5. The lowest BCUT2D eigenvalue weighted by Crippen LogP contribution is -2.09. The topological polar surface area (TPSA) is 62.8 Å². The average Bonchev–Trinajstić information content (AvgIpc) is 2.29. The van der Waals surface area contributed by atoms with Crippen molar-refractivity contribution >= 4 is 5.78 Å². The van der Waals surface area contributed by atoms with Crippen LogP contribution in [0.1, 0.15) is 17.3 Å². The molecule has 0 spiro atoms. The molecule has 1 aromatic heterocycles. The van der Waals surface area contributed by atoms with Crippen LogP contribution in [0.4, 0.5) is 0 Å². The van der Waals surface area contributed by atoms with Gasteiger partial charge < -0.3 is 4.98 Å². The maximum absolute atomic E-state index is 11.1. The summed E-state index contributed by atoms with van der Waals surface area (Å²) in [6.45, 7) is 1.52. The van der Waals surface area contributed by atoms with Gasteiger partial charge in [0, 0.05) is 11.8 Å². The molecule has 0 unspecified atom stereocenters. The number of nitrogens with zero attached hydrogens (tertiary/aromatic N) is 1. The van der Waals surface area contributed by atoms with Gasteiger partial charge in [-0.2, -0.15) is 0 Å². The Hall–Kier alpha value is -2.23. The van der Waals surface area contributed by atoms with E-state index in [2.05, 4.69) is 9.97 Å². The van der Waals surface area contributed by atoms with Gasteiger partial charge in [0.15, 0.2) is 5.78 Å². The average molecular weight is 214 g/mol. The lowest BCUT2D eigenvalue weighted by Gasteiger charge is -2.01. The molecule has 0 amide bonds. The van der Waals surface area contributed by atoms with Crippen molar-refractivity contribution in [3.8, 4) is 11.3 Å². The number of H-pyrrole nitrogens is 1. The predicted molar refractivity (Wildman–Crippen MR) is 60.3 cm³/mol. The molecular formula is C12H10N2O2. The number of aromatic nitrogens is 2. The summed E-state index contributed by atoms with van der Waals surface area (Å²) in [5.41, 5.74) is 1.81. The minimum atomic E-state index is -0.381. The number of Topliss-reactive ketones (excluding diaryl/α,β-unsaturated/α-hetero) is 1. The monoisotopic (exact) mass is 214 g/mol. The molecule has 0 fully saturated rings. The molecular weight excluding hydrogens is 204 g/mol. The number of aromatic amines is 1. The number of rotatable bonds is 2. The fourth-order valence-corrected chi connectivity index (χ4v) is 1.42. The lowest BCUT2D eigenvalue weighted by molar-refractivity contribution is 0.101. The van der Waals surface area contributed by atoms with Crippen LogP contribution in [-0.2, 0) is 0 Å². The fourth-order valence-electron chi connectivity index (χ4n) is 1.42. The molecule has 0 aliphatic rings. The van der Waals surface area contributed by atoms with Gasteiger partial charge in [-0.3, -0.25) is 4.79 Å². The Labute approximate surface area is 92.0 Å². The van der Waals surface area contributed by atoms with Crippen molar-refractivity contribution in [1.82, 2.24) is 9.97 Å². The van der Waals surface area contributed by atoms with Gasteiger partial charge in [-0.1, -0.05) is 24.3 Å². The molecule has 4 heteroatoms.